The molecule has 0 fully saturated rings. The Morgan fingerprint density at radius 2 is 1.66 bits per heavy atom. The molecular weight excluding hydrogens is 800 g/mol. The summed E-state index contributed by atoms with van der Waals surface area (Å²) in [6.07, 6.45) is 5.42. The van der Waals surface area contributed by atoms with Crippen molar-refractivity contribution in [2.75, 3.05) is 7.11 Å². The molecule has 1 unspecified atom stereocenters. The van der Waals surface area contributed by atoms with Crippen LogP contribution in [0.3, 0.4) is 0 Å². The number of ether oxygens (including phenoxy) is 2. The van der Waals surface area contributed by atoms with Crippen molar-refractivity contribution in [3.05, 3.63) is 113 Å². The van der Waals surface area contributed by atoms with Crippen LogP contribution in [0, 0.1) is 30.9 Å². The number of fused-ring (bicyclic) bond motifs is 3. The Morgan fingerprint density at radius 1 is 0.880 bits per heavy atom. The minimum Gasteiger partial charge on any atom is -0.509 e. The van der Waals surface area contributed by atoms with Crippen LogP contribution in [0.1, 0.15) is 95.2 Å². The first-order valence-corrected chi connectivity index (χ1v) is 17.5. The van der Waals surface area contributed by atoms with Gasteiger partial charge in [-0.25, -0.2) is 4.98 Å². The summed E-state index contributed by atoms with van der Waals surface area (Å²) in [4.78, 5) is 4.69. The van der Waals surface area contributed by atoms with E-state index in [4.69, 9.17) is 19.6 Å². The van der Waals surface area contributed by atoms with Crippen LogP contribution in [0.4, 0.5) is 0 Å². The molecule has 3 atom stereocenters. The molecule has 7 rings (SSSR count). The molecule has 3 aromatic carbocycles. The molecule has 6 aromatic rings. The van der Waals surface area contributed by atoms with Crippen molar-refractivity contribution in [1.82, 2.24) is 19.3 Å². The summed E-state index contributed by atoms with van der Waals surface area (Å²) in [5.41, 5.74) is 9.19. The van der Waals surface area contributed by atoms with Crippen LogP contribution in [0.2, 0.25) is 0 Å². The van der Waals surface area contributed by atoms with Gasteiger partial charge in [0.2, 0.25) is 0 Å². The van der Waals surface area contributed by atoms with E-state index in [1.807, 2.05) is 30.3 Å². The fourth-order valence-corrected chi connectivity index (χ4v) is 8.02. The van der Waals surface area contributed by atoms with Gasteiger partial charge < -0.3 is 14.0 Å². The van der Waals surface area contributed by atoms with Crippen molar-refractivity contribution in [3.63, 3.8) is 0 Å². The summed E-state index contributed by atoms with van der Waals surface area (Å²) < 4.78 is 16.4. The van der Waals surface area contributed by atoms with Crippen molar-refractivity contribution < 1.29 is 30.5 Å². The normalized spacial score (nSPS) is 17.7. The molecule has 260 valence electrons. The van der Waals surface area contributed by atoms with Gasteiger partial charge in [-0.1, -0.05) is 83.8 Å². The Hall–Kier alpha value is -4.15. The number of methoxy groups -OCH3 is 1. The average molecular weight is 846 g/mol. The second kappa shape index (κ2) is 14.2. The number of benzene rings is 3. The van der Waals surface area contributed by atoms with Crippen LogP contribution in [-0.2, 0) is 21.1 Å². The standard InChI is InChI=1S/C43H46N4O2.Pt/c1-25(2)42-41(40-29(7)18-27(5)19-30(40)8)43(26(3)4)47(45-42)31-20-28(6)21-34(22-31)49-33-14-15-36-35-12-10-11-13-37(35)46(38(36)23-33)39-24-32(48-9)16-17-44-39;/h10-18,20-21,24-27,30,40H,19H2,1-9H3;/q-2;+2/t27-,30-,40?;/m0./s1. The zero-order valence-corrected chi connectivity index (χ0v) is 32.7. The largest absolute Gasteiger partial charge is 2.00 e. The van der Waals surface area contributed by atoms with E-state index >= 15 is 0 Å². The Kier molecular flexibility index (Phi) is 10.1. The third-order valence-electron chi connectivity index (χ3n) is 9.90. The minimum absolute atomic E-state index is 0. The SMILES string of the molecule is COc1ccnc(-n2c3[c-]c(Oc4[c-]c(-n5nc(C(C)C)c(C6C(C)=C[C@H](C)C[C@@H]6C)c5C(C)C)cc(C)c4)ccc3c3ccccc32)c1.[Pt+2]. The number of para-hydroxylation sites is 1. The van der Waals surface area contributed by atoms with Gasteiger partial charge in [-0.2, -0.15) is 16.7 Å². The molecule has 0 saturated carbocycles. The quantitative estimate of drug-likeness (QED) is 0.113. The molecule has 7 heteroatoms. The summed E-state index contributed by atoms with van der Waals surface area (Å²) in [6, 6.07) is 27.6. The van der Waals surface area contributed by atoms with E-state index in [0.29, 0.717) is 35.2 Å². The Balaban J connectivity index is 0.00000432. The zero-order valence-electron chi connectivity index (χ0n) is 30.4. The number of pyridine rings is 1. The molecule has 1 aliphatic carbocycles. The number of rotatable bonds is 8. The third kappa shape index (κ3) is 6.44. The predicted molar refractivity (Wildman–Crippen MR) is 199 cm³/mol. The van der Waals surface area contributed by atoms with Gasteiger partial charge in [0.1, 0.15) is 11.6 Å². The molecule has 0 aliphatic heterocycles. The predicted octanol–water partition coefficient (Wildman–Crippen LogP) is 11.0. The third-order valence-corrected chi connectivity index (χ3v) is 9.90. The van der Waals surface area contributed by atoms with E-state index < -0.39 is 0 Å². The first-order valence-electron chi connectivity index (χ1n) is 17.5. The molecule has 0 N–H and O–H groups in total. The monoisotopic (exact) mass is 845 g/mol. The van der Waals surface area contributed by atoms with Gasteiger partial charge in [-0.15, -0.1) is 35.7 Å². The summed E-state index contributed by atoms with van der Waals surface area (Å²) in [7, 11) is 1.67. The van der Waals surface area contributed by atoms with Crippen molar-refractivity contribution >= 4 is 21.8 Å². The summed E-state index contributed by atoms with van der Waals surface area (Å²) in [5.74, 6) is 4.79. The van der Waals surface area contributed by atoms with Crippen LogP contribution >= 0.6 is 0 Å². The fourth-order valence-electron chi connectivity index (χ4n) is 8.02. The molecule has 0 saturated heterocycles. The van der Waals surface area contributed by atoms with Gasteiger partial charge in [0, 0.05) is 46.5 Å². The van der Waals surface area contributed by atoms with Gasteiger partial charge in [0.25, 0.3) is 0 Å². The second-order valence-electron chi connectivity index (χ2n) is 14.5. The summed E-state index contributed by atoms with van der Waals surface area (Å²) >= 11 is 0. The van der Waals surface area contributed by atoms with Crippen LogP contribution in [0.25, 0.3) is 33.3 Å². The van der Waals surface area contributed by atoms with E-state index in [0.717, 1.165) is 44.6 Å². The van der Waals surface area contributed by atoms with E-state index in [2.05, 4.69) is 113 Å². The number of hydrogen-bond acceptors (Lipinski definition) is 4. The number of aromatic nitrogens is 4. The van der Waals surface area contributed by atoms with Crippen LogP contribution in [-0.4, -0.2) is 26.4 Å². The van der Waals surface area contributed by atoms with E-state index in [1.165, 1.54) is 28.9 Å². The van der Waals surface area contributed by atoms with Gasteiger partial charge >= 0.3 is 21.1 Å². The van der Waals surface area contributed by atoms with E-state index in [-0.39, 0.29) is 27.0 Å². The molecule has 3 aromatic heterocycles. The van der Waals surface area contributed by atoms with Gasteiger partial charge in [-0.3, -0.25) is 4.68 Å². The maximum atomic E-state index is 6.59. The van der Waals surface area contributed by atoms with Gasteiger partial charge in [0.05, 0.1) is 12.8 Å². The number of aryl methyl sites for hydroxylation is 1. The first kappa shape index (κ1) is 35.7. The Labute approximate surface area is 310 Å². The van der Waals surface area contributed by atoms with Crippen molar-refractivity contribution in [3.8, 4) is 28.8 Å². The number of hydrogen-bond donors (Lipinski definition) is 0. The van der Waals surface area contributed by atoms with E-state index in [1.54, 1.807) is 13.3 Å². The maximum Gasteiger partial charge on any atom is 2.00 e. The molecule has 0 amide bonds. The van der Waals surface area contributed by atoms with Crippen LogP contribution in [0.5, 0.6) is 17.2 Å². The molecule has 0 spiro atoms. The smallest absolute Gasteiger partial charge is 0.509 e. The molecular formula is C43H46N4O2Pt. The topological polar surface area (TPSA) is 54.1 Å². The Morgan fingerprint density at radius 3 is 2.38 bits per heavy atom. The Bertz CT molecular complexity index is 2210. The fraction of sp³-hybridized carbons (Fsp3) is 0.349. The summed E-state index contributed by atoms with van der Waals surface area (Å²) in [5, 5.41) is 7.55. The zero-order chi connectivity index (χ0) is 34.6. The number of nitrogens with zero attached hydrogens (tertiary/aromatic N) is 4. The number of allylic oxidation sites excluding steroid dienone is 2. The van der Waals surface area contributed by atoms with Crippen molar-refractivity contribution in [2.24, 2.45) is 11.8 Å². The van der Waals surface area contributed by atoms with Crippen LogP contribution in [0.15, 0.2) is 78.5 Å². The molecule has 6 nitrogen and oxygen atoms in total. The summed E-state index contributed by atoms with van der Waals surface area (Å²) in [6.45, 7) is 18.2. The molecule has 0 bridgehead atoms. The maximum absolute atomic E-state index is 6.59. The molecule has 0 radical (unpaired) electrons. The molecule has 3 heterocycles. The second-order valence-corrected chi connectivity index (χ2v) is 14.5. The van der Waals surface area contributed by atoms with Crippen molar-refractivity contribution in [2.45, 2.75) is 79.6 Å². The molecule has 50 heavy (non-hydrogen) atoms. The van der Waals surface area contributed by atoms with Crippen LogP contribution < -0.4 is 9.47 Å². The van der Waals surface area contributed by atoms with E-state index in [9.17, 15) is 0 Å². The minimum atomic E-state index is 0. The van der Waals surface area contributed by atoms with Crippen molar-refractivity contribution in [1.29, 1.82) is 0 Å². The van der Waals surface area contributed by atoms with Gasteiger partial charge in [-0.05, 0) is 60.2 Å². The first-order chi connectivity index (χ1) is 23.5. The van der Waals surface area contributed by atoms with Gasteiger partial charge in [0.15, 0.2) is 0 Å². The average Bonchev–Trinajstić information content (AvgIpc) is 3.61. The molecule has 1 aliphatic rings.